The molecule has 0 bridgehead atoms. The molecule has 0 saturated heterocycles. The van der Waals surface area contributed by atoms with Crippen molar-refractivity contribution in [1.29, 1.82) is 5.26 Å². The summed E-state index contributed by atoms with van der Waals surface area (Å²) in [5.74, 6) is 0.891. The lowest BCUT2D eigenvalue weighted by Crippen LogP contribution is -2.00. The molecular weight excluding hydrogens is 248 g/mol. The molecule has 3 nitrogen and oxygen atoms in total. The molecule has 20 heavy (non-hydrogen) atoms. The predicted octanol–water partition coefficient (Wildman–Crippen LogP) is 3.88. The van der Waals surface area contributed by atoms with Crippen molar-refractivity contribution in [3.05, 3.63) is 59.2 Å². The maximum Gasteiger partial charge on any atom is 0.119 e. The highest BCUT2D eigenvalue weighted by molar-refractivity contribution is 5.52. The van der Waals surface area contributed by atoms with E-state index in [1.54, 1.807) is 0 Å². The van der Waals surface area contributed by atoms with Gasteiger partial charge in [-0.25, -0.2) is 0 Å². The number of nitriles is 1. The molecule has 0 amide bonds. The molecule has 0 atom stereocenters. The van der Waals surface area contributed by atoms with E-state index in [1.807, 2.05) is 50.2 Å². The van der Waals surface area contributed by atoms with Gasteiger partial charge < -0.3 is 10.1 Å². The number of rotatable bonds is 5. The zero-order valence-electron chi connectivity index (χ0n) is 11.8. The summed E-state index contributed by atoms with van der Waals surface area (Å²) in [6.45, 7) is 5.32. The summed E-state index contributed by atoms with van der Waals surface area (Å²) < 4.78 is 5.48. The second-order valence-corrected chi connectivity index (χ2v) is 4.58. The van der Waals surface area contributed by atoms with E-state index in [2.05, 4.69) is 17.5 Å². The summed E-state index contributed by atoms with van der Waals surface area (Å²) in [5, 5.41) is 12.3. The van der Waals surface area contributed by atoms with E-state index in [0.717, 1.165) is 29.1 Å². The Balaban J connectivity index is 2.03. The minimum absolute atomic E-state index is 0.672. The predicted molar refractivity (Wildman–Crippen MR) is 80.8 cm³/mol. The molecule has 0 fully saturated rings. The fourth-order valence-corrected chi connectivity index (χ4v) is 2.02. The number of anilines is 1. The average molecular weight is 266 g/mol. The van der Waals surface area contributed by atoms with Crippen molar-refractivity contribution in [2.75, 3.05) is 11.9 Å². The Morgan fingerprint density at radius 3 is 2.75 bits per heavy atom. The fourth-order valence-electron chi connectivity index (χ4n) is 2.02. The minimum Gasteiger partial charge on any atom is -0.494 e. The number of aryl methyl sites for hydroxylation is 1. The van der Waals surface area contributed by atoms with Gasteiger partial charge in [0, 0.05) is 12.2 Å². The van der Waals surface area contributed by atoms with Crippen molar-refractivity contribution in [1.82, 2.24) is 0 Å². The van der Waals surface area contributed by atoms with Crippen LogP contribution in [-0.2, 0) is 6.54 Å². The summed E-state index contributed by atoms with van der Waals surface area (Å²) >= 11 is 0. The fraction of sp³-hybridized carbons (Fsp3) is 0.235. The second-order valence-electron chi connectivity index (χ2n) is 4.58. The first-order valence-electron chi connectivity index (χ1n) is 6.69. The molecule has 0 aliphatic rings. The molecule has 2 rings (SSSR count). The summed E-state index contributed by atoms with van der Waals surface area (Å²) in [6.07, 6.45) is 0. The van der Waals surface area contributed by atoms with E-state index in [-0.39, 0.29) is 0 Å². The second kappa shape index (κ2) is 6.63. The molecule has 3 heteroatoms. The third-order valence-corrected chi connectivity index (χ3v) is 3.05. The van der Waals surface area contributed by atoms with Gasteiger partial charge in [0.25, 0.3) is 0 Å². The minimum atomic E-state index is 0.672. The molecule has 0 radical (unpaired) electrons. The van der Waals surface area contributed by atoms with Crippen LogP contribution in [0.15, 0.2) is 42.5 Å². The van der Waals surface area contributed by atoms with E-state index in [4.69, 9.17) is 10.00 Å². The number of ether oxygens (including phenoxy) is 1. The monoisotopic (exact) mass is 266 g/mol. The molecule has 0 aliphatic carbocycles. The van der Waals surface area contributed by atoms with Crippen LogP contribution in [0.1, 0.15) is 23.6 Å². The molecule has 0 spiro atoms. The Bertz CT molecular complexity index is 629. The molecule has 0 unspecified atom stereocenters. The first-order valence-corrected chi connectivity index (χ1v) is 6.69. The van der Waals surface area contributed by atoms with E-state index in [9.17, 15) is 0 Å². The molecule has 0 heterocycles. The van der Waals surface area contributed by atoms with Gasteiger partial charge in [-0.15, -0.1) is 0 Å². The van der Waals surface area contributed by atoms with Gasteiger partial charge in [0.1, 0.15) is 5.75 Å². The van der Waals surface area contributed by atoms with Gasteiger partial charge in [0.05, 0.1) is 18.2 Å². The number of hydrogen-bond acceptors (Lipinski definition) is 3. The number of benzene rings is 2. The lowest BCUT2D eigenvalue weighted by atomic mass is 10.1. The van der Waals surface area contributed by atoms with E-state index < -0.39 is 0 Å². The standard InChI is InChI=1S/C17H18N2O/c1-3-20-17-6-4-5-14(10-17)12-19-16-8-7-15(11-18)13(2)9-16/h4-10,19H,3,12H2,1-2H3. The summed E-state index contributed by atoms with van der Waals surface area (Å²) in [4.78, 5) is 0. The number of hydrogen-bond donors (Lipinski definition) is 1. The van der Waals surface area contributed by atoms with Gasteiger partial charge in [0.2, 0.25) is 0 Å². The normalized spacial score (nSPS) is 9.85. The molecule has 102 valence electrons. The average Bonchev–Trinajstić information content (AvgIpc) is 2.46. The molecule has 0 saturated carbocycles. The highest BCUT2D eigenvalue weighted by Crippen LogP contribution is 2.17. The topological polar surface area (TPSA) is 45.0 Å². The smallest absolute Gasteiger partial charge is 0.119 e. The van der Waals surface area contributed by atoms with Gasteiger partial charge >= 0.3 is 0 Å². The van der Waals surface area contributed by atoms with Gasteiger partial charge in [-0.3, -0.25) is 0 Å². The SMILES string of the molecule is CCOc1cccc(CNc2ccc(C#N)c(C)c2)c1. The lowest BCUT2D eigenvalue weighted by molar-refractivity contribution is 0.340. The first-order chi connectivity index (χ1) is 9.72. The van der Waals surface area contributed by atoms with E-state index in [1.165, 1.54) is 0 Å². The van der Waals surface area contributed by atoms with Crippen LogP contribution in [0.2, 0.25) is 0 Å². The van der Waals surface area contributed by atoms with Crippen LogP contribution in [0, 0.1) is 18.3 Å². The van der Waals surface area contributed by atoms with E-state index in [0.29, 0.717) is 12.2 Å². The summed E-state index contributed by atoms with van der Waals surface area (Å²) in [5.41, 5.74) is 3.88. The molecule has 0 aliphatic heterocycles. The van der Waals surface area contributed by atoms with Crippen molar-refractivity contribution in [3.63, 3.8) is 0 Å². The Morgan fingerprint density at radius 1 is 1.20 bits per heavy atom. The Morgan fingerprint density at radius 2 is 2.05 bits per heavy atom. The highest BCUT2D eigenvalue weighted by Gasteiger charge is 2.00. The van der Waals surface area contributed by atoms with Gasteiger partial charge in [-0.1, -0.05) is 12.1 Å². The Hall–Kier alpha value is -2.47. The Kier molecular flexibility index (Phi) is 4.62. The highest BCUT2D eigenvalue weighted by atomic mass is 16.5. The maximum absolute atomic E-state index is 8.91. The van der Waals surface area contributed by atoms with E-state index >= 15 is 0 Å². The van der Waals surface area contributed by atoms with Crippen LogP contribution in [0.3, 0.4) is 0 Å². The van der Waals surface area contributed by atoms with Crippen LogP contribution < -0.4 is 10.1 Å². The maximum atomic E-state index is 8.91. The zero-order chi connectivity index (χ0) is 14.4. The van der Waals surface area contributed by atoms with Crippen LogP contribution >= 0.6 is 0 Å². The molecule has 1 N–H and O–H groups in total. The molecule has 2 aromatic rings. The van der Waals surface area contributed by atoms with Gasteiger partial charge in [-0.2, -0.15) is 5.26 Å². The van der Waals surface area contributed by atoms with Crippen molar-refractivity contribution < 1.29 is 4.74 Å². The lowest BCUT2D eigenvalue weighted by Gasteiger charge is -2.09. The van der Waals surface area contributed by atoms with Crippen molar-refractivity contribution in [2.45, 2.75) is 20.4 Å². The number of nitrogens with zero attached hydrogens (tertiary/aromatic N) is 1. The Labute approximate surface area is 119 Å². The van der Waals surface area contributed by atoms with Crippen molar-refractivity contribution >= 4 is 5.69 Å². The third kappa shape index (κ3) is 3.52. The first kappa shape index (κ1) is 14.0. The van der Waals surface area contributed by atoms with Gasteiger partial charge in [-0.05, 0) is 55.3 Å². The largest absolute Gasteiger partial charge is 0.494 e. The van der Waals surface area contributed by atoms with Gasteiger partial charge in [0.15, 0.2) is 0 Å². The zero-order valence-corrected chi connectivity index (χ0v) is 11.8. The molecular formula is C17H18N2O. The summed E-state index contributed by atoms with van der Waals surface area (Å²) in [7, 11) is 0. The molecule has 2 aromatic carbocycles. The number of nitrogens with one attached hydrogen (secondary N) is 1. The summed E-state index contributed by atoms with van der Waals surface area (Å²) in [6, 6.07) is 16.0. The molecule has 0 aromatic heterocycles. The van der Waals surface area contributed by atoms with Crippen LogP contribution in [0.4, 0.5) is 5.69 Å². The van der Waals surface area contributed by atoms with Crippen LogP contribution in [0.5, 0.6) is 5.75 Å². The van der Waals surface area contributed by atoms with Crippen molar-refractivity contribution in [3.8, 4) is 11.8 Å². The van der Waals surface area contributed by atoms with Crippen molar-refractivity contribution in [2.24, 2.45) is 0 Å². The quantitative estimate of drug-likeness (QED) is 0.893. The van der Waals surface area contributed by atoms with Crippen LogP contribution in [-0.4, -0.2) is 6.61 Å². The third-order valence-electron chi connectivity index (χ3n) is 3.05. The van der Waals surface area contributed by atoms with Crippen LogP contribution in [0.25, 0.3) is 0 Å².